The molecule has 0 saturated carbocycles. The number of carbonyl (C=O) groups is 1. The van der Waals surface area contributed by atoms with Crippen LogP contribution in [0.2, 0.25) is 0 Å². The molecule has 1 rings (SSSR count). The zero-order chi connectivity index (χ0) is 11.7. The van der Waals surface area contributed by atoms with Crippen LogP contribution in [-0.2, 0) is 11.2 Å². The Morgan fingerprint density at radius 2 is 1.73 bits per heavy atom. The van der Waals surface area contributed by atoms with Gasteiger partial charge in [-0.15, -0.1) is 0 Å². The van der Waals surface area contributed by atoms with Gasteiger partial charge in [-0.2, -0.15) is 0 Å². The van der Waals surface area contributed by atoms with Gasteiger partial charge in [0.2, 0.25) is 0 Å². The van der Waals surface area contributed by atoms with Crippen LogP contribution in [0.15, 0.2) is 30.3 Å². The van der Waals surface area contributed by atoms with E-state index < -0.39 is 5.97 Å². The SMILES string of the molecule is CC(C)Cc1ccccc1.CCC(=O)O. The smallest absolute Gasteiger partial charge is 0.303 e. The predicted molar refractivity (Wildman–Crippen MR) is 62.9 cm³/mol. The van der Waals surface area contributed by atoms with E-state index in [1.807, 2.05) is 0 Å². The molecule has 0 aromatic heterocycles. The Balaban J connectivity index is 0.000000336. The van der Waals surface area contributed by atoms with E-state index in [1.165, 1.54) is 12.0 Å². The number of aliphatic carboxylic acids is 1. The molecule has 0 spiro atoms. The fourth-order valence-corrected chi connectivity index (χ4v) is 1.09. The fourth-order valence-electron chi connectivity index (χ4n) is 1.09. The van der Waals surface area contributed by atoms with E-state index in [0.29, 0.717) is 0 Å². The van der Waals surface area contributed by atoms with E-state index in [4.69, 9.17) is 5.11 Å². The Morgan fingerprint density at radius 1 is 1.27 bits per heavy atom. The second-order valence-electron chi connectivity index (χ2n) is 3.83. The Hall–Kier alpha value is -1.31. The summed E-state index contributed by atoms with van der Waals surface area (Å²) in [6.07, 6.45) is 1.42. The summed E-state index contributed by atoms with van der Waals surface area (Å²) in [5, 5.41) is 7.72. The van der Waals surface area contributed by atoms with Crippen molar-refractivity contribution in [2.45, 2.75) is 33.6 Å². The van der Waals surface area contributed by atoms with Gasteiger partial charge in [0, 0.05) is 6.42 Å². The van der Waals surface area contributed by atoms with Crippen LogP contribution >= 0.6 is 0 Å². The number of hydrogen-bond donors (Lipinski definition) is 1. The fraction of sp³-hybridized carbons (Fsp3) is 0.462. The largest absolute Gasteiger partial charge is 0.481 e. The Kier molecular flexibility index (Phi) is 7.33. The van der Waals surface area contributed by atoms with Crippen molar-refractivity contribution in [3.05, 3.63) is 35.9 Å². The lowest BCUT2D eigenvalue weighted by Gasteiger charge is -2.02. The molecule has 0 unspecified atom stereocenters. The van der Waals surface area contributed by atoms with Gasteiger partial charge in [0.05, 0.1) is 0 Å². The number of carboxylic acid groups (broad SMARTS) is 1. The molecule has 0 aliphatic heterocycles. The number of carboxylic acids is 1. The van der Waals surface area contributed by atoms with E-state index in [0.717, 1.165) is 5.92 Å². The Morgan fingerprint density at radius 3 is 2.07 bits per heavy atom. The van der Waals surface area contributed by atoms with Crippen molar-refractivity contribution in [3.63, 3.8) is 0 Å². The summed E-state index contributed by atoms with van der Waals surface area (Å²) in [6.45, 7) is 6.09. The zero-order valence-electron chi connectivity index (χ0n) is 9.73. The molecule has 0 saturated heterocycles. The average Bonchev–Trinajstić information content (AvgIpc) is 2.19. The van der Waals surface area contributed by atoms with Gasteiger partial charge in [-0.25, -0.2) is 0 Å². The Bertz CT molecular complexity index is 265. The third kappa shape index (κ3) is 9.01. The van der Waals surface area contributed by atoms with Crippen LogP contribution in [0.1, 0.15) is 32.8 Å². The molecule has 0 atom stereocenters. The van der Waals surface area contributed by atoms with Crippen molar-refractivity contribution >= 4 is 5.97 Å². The first kappa shape index (κ1) is 13.7. The minimum atomic E-state index is -0.745. The van der Waals surface area contributed by atoms with Crippen LogP contribution in [0.4, 0.5) is 0 Å². The van der Waals surface area contributed by atoms with Gasteiger partial charge in [-0.1, -0.05) is 51.1 Å². The molecule has 1 N–H and O–H groups in total. The number of benzene rings is 1. The second kappa shape index (κ2) is 8.04. The summed E-state index contributed by atoms with van der Waals surface area (Å²) in [6, 6.07) is 10.6. The molecule has 0 aliphatic rings. The standard InChI is InChI=1S/C10H14.C3H6O2/c1-9(2)8-10-6-4-3-5-7-10;1-2-3(4)5/h3-7,9H,8H2,1-2H3;2H2,1H3,(H,4,5). The molecule has 0 radical (unpaired) electrons. The molecule has 0 heterocycles. The molecule has 15 heavy (non-hydrogen) atoms. The van der Waals surface area contributed by atoms with Gasteiger partial charge >= 0.3 is 5.97 Å². The lowest BCUT2D eigenvalue weighted by molar-refractivity contribution is -0.136. The van der Waals surface area contributed by atoms with Crippen LogP contribution in [0.3, 0.4) is 0 Å². The molecule has 84 valence electrons. The maximum absolute atomic E-state index is 9.37. The highest BCUT2D eigenvalue weighted by Crippen LogP contribution is 2.05. The van der Waals surface area contributed by atoms with Crippen molar-refractivity contribution in [3.8, 4) is 0 Å². The predicted octanol–water partition coefficient (Wildman–Crippen LogP) is 3.37. The van der Waals surface area contributed by atoms with Gasteiger partial charge < -0.3 is 5.11 Å². The van der Waals surface area contributed by atoms with Crippen LogP contribution in [0.5, 0.6) is 0 Å². The van der Waals surface area contributed by atoms with Crippen molar-refractivity contribution in [2.24, 2.45) is 5.92 Å². The summed E-state index contributed by atoms with van der Waals surface area (Å²) in [5.41, 5.74) is 1.44. The third-order valence-electron chi connectivity index (χ3n) is 1.79. The highest BCUT2D eigenvalue weighted by Gasteiger charge is 1.94. The van der Waals surface area contributed by atoms with E-state index >= 15 is 0 Å². The van der Waals surface area contributed by atoms with Crippen LogP contribution < -0.4 is 0 Å². The summed E-state index contributed by atoms with van der Waals surface area (Å²) in [4.78, 5) is 9.37. The molecule has 1 aromatic rings. The molecule has 0 fully saturated rings. The van der Waals surface area contributed by atoms with Gasteiger partial charge in [0.15, 0.2) is 0 Å². The zero-order valence-corrected chi connectivity index (χ0v) is 9.73. The molecule has 0 amide bonds. The van der Waals surface area contributed by atoms with Gasteiger partial charge in [0.1, 0.15) is 0 Å². The minimum Gasteiger partial charge on any atom is -0.481 e. The minimum absolute atomic E-state index is 0.222. The van der Waals surface area contributed by atoms with Crippen LogP contribution in [0.25, 0.3) is 0 Å². The van der Waals surface area contributed by atoms with Crippen molar-refractivity contribution in [1.29, 1.82) is 0 Å². The highest BCUT2D eigenvalue weighted by molar-refractivity contribution is 5.66. The summed E-state index contributed by atoms with van der Waals surface area (Å²) < 4.78 is 0. The summed E-state index contributed by atoms with van der Waals surface area (Å²) in [7, 11) is 0. The van der Waals surface area contributed by atoms with Crippen molar-refractivity contribution < 1.29 is 9.90 Å². The van der Waals surface area contributed by atoms with Gasteiger partial charge in [-0.05, 0) is 17.9 Å². The first-order valence-electron chi connectivity index (χ1n) is 5.32. The number of hydrogen-bond acceptors (Lipinski definition) is 1. The molecule has 0 aliphatic carbocycles. The van der Waals surface area contributed by atoms with E-state index in [9.17, 15) is 4.79 Å². The lowest BCUT2D eigenvalue weighted by atomic mass is 10.0. The van der Waals surface area contributed by atoms with E-state index in [1.54, 1.807) is 6.92 Å². The van der Waals surface area contributed by atoms with E-state index in [2.05, 4.69) is 44.2 Å². The second-order valence-corrected chi connectivity index (χ2v) is 3.83. The van der Waals surface area contributed by atoms with Crippen LogP contribution in [0, 0.1) is 5.92 Å². The molecular weight excluding hydrogens is 188 g/mol. The molecule has 2 nitrogen and oxygen atoms in total. The Labute approximate surface area is 91.9 Å². The summed E-state index contributed by atoms with van der Waals surface area (Å²) >= 11 is 0. The molecule has 0 bridgehead atoms. The third-order valence-corrected chi connectivity index (χ3v) is 1.79. The van der Waals surface area contributed by atoms with Gasteiger partial charge in [-0.3, -0.25) is 4.79 Å². The topological polar surface area (TPSA) is 37.3 Å². The average molecular weight is 208 g/mol. The van der Waals surface area contributed by atoms with Crippen molar-refractivity contribution in [1.82, 2.24) is 0 Å². The van der Waals surface area contributed by atoms with E-state index in [-0.39, 0.29) is 6.42 Å². The first-order chi connectivity index (χ1) is 7.06. The maximum Gasteiger partial charge on any atom is 0.303 e. The van der Waals surface area contributed by atoms with Crippen molar-refractivity contribution in [2.75, 3.05) is 0 Å². The lowest BCUT2D eigenvalue weighted by Crippen LogP contribution is -1.92. The normalized spacial score (nSPS) is 9.33. The van der Waals surface area contributed by atoms with Gasteiger partial charge in [0.25, 0.3) is 0 Å². The molecule has 2 heteroatoms. The quantitative estimate of drug-likeness (QED) is 0.827. The first-order valence-corrected chi connectivity index (χ1v) is 5.32. The summed E-state index contributed by atoms with van der Waals surface area (Å²) in [5.74, 6) is 0.0207. The molecule has 1 aromatic carbocycles. The van der Waals surface area contributed by atoms with Crippen LogP contribution in [-0.4, -0.2) is 11.1 Å². The maximum atomic E-state index is 9.37. The number of rotatable bonds is 3. The molecular formula is C13H20O2. The monoisotopic (exact) mass is 208 g/mol. The highest BCUT2D eigenvalue weighted by atomic mass is 16.4.